The molecule has 2 saturated carbocycles. The van der Waals surface area contributed by atoms with E-state index in [4.69, 9.17) is 0 Å². The number of nitrogens with zero attached hydrogens (tertiary/aromatic N) is 2. The van der Waals surface area contributed by atoms with E-state index in [0.29, 0.717) is 37.1 Å². The van der Waals surface area contributed by atoms with E-state index in [2.05, 4.69) is 0 Å². The predicted octanol–water partition coefficient (Wildman–Crippen LogP) is 1.39. The summed E-state index contributed by atoms with van der Waals surface area (Å²) in [7, 11) is 0. The van der Waals surface area contributed by atoms with Gasteiger partial charge in [0.2, 0.25) is 0 Å². The Morgan fingerprint density at radius 3 is 2.39 bits per heavy atom. The van der Waals surface area contributed by atoms with Crippen molar-refractivity contribution in [2.45, 2.75) is 69.6 Å². The van der Waals surface area contributed by atoms with E-state index in [9.17, 15) is 15.5 Å². The standard InChI is InChI=1S/C13H21N2O3/c1-12-8-4-5-9-13(12,16)15(18)11-7-3-2-6-10(11)14(12)17/h16,18H,2-9H2,1H3/q+1/t12-,13-/m0/s1. The van der Waals surface area contributed by atoms with Crippen LogP contribution in [0.2, 0.25) is 0 Å². The maximum absolute atomic E-state index is 12.6. The summed E-state index contributed by atoms with van der Waals surface area (Å²) in [5.74, 6) is 0. The SMILES string of the molecule is C[C@]12CCCC[C@@]1(O)[N+](O)=C1CCCCC1=[N+]2[O-]. The van der Waals surface area contributed by atoms with Gasteiger partial charge in [-0.25, -0.2) is 0 Å². The average molecular weight is 253 g/mol. The summed E-state index contributed by atoms with van der Waals surface area (Å²) in [6, 6.07) is 0. The first-order valence-electron chi connectivity index (χ1n) is 6.91. The molecule has 3 aliphatic rings. The highest BCUT2D eigenvalue weighted by Crippen LogP contribution is 2.42. The van der Waals surface area contributed by atoms with Gasteiger partial charge in [-0.1, -0.05) is 0 Å². The molecule has 2 atom stereocenters. The molecule has 0 aromatic heterocycles. The summed E-state index contributed by atoms with van der Waals surface area (Å²) in [4.78, 5) is 0. The van der Waals surface area contributed by atoms with Gasteiger partial charge in [0.1, 0.15) is 0 Å². The zero-order valence-corrected chi connectivity index (χ0v) is 10.9. The van der Waals surface area contributed by atoms with E-state index >= 15 is 0 Å². The number of hydroxylamine groups is 2. The molecule has 0 amide bonds. The van der Waals surface area contributed by atoms with Gasteiger partial charge in [0, 0.05) is 30.9 Å². The molecule has 18 heavy (non-hydrogen) atoms. The Labute approximate surface area is 107 Å². The second-order valence-corrected chi connectivity index (χ2v) is 6.00. The monoisotopic (exact) mass is 253 g/mol. The highest BCUT2D eigenvalue weighted by molar-refractivity contribution is 6.38. The van der Waals surface area contributed by atoms with Crippen LogP contribution in [-0.4, -0.2) is 42.5 Å². The largest absolute Gasteiger partial charge is 0.623 e. The molecule has 0 bridgehead atoms. The molecule has 1 aliphatic heterocycles. The summed E-state index contributed by atoms with van der Waals surface area (Å²) < 4.78 is 2.03. The van der Waals surface area contributed by atoms with Crippen LogP contribution < -0.4 is 0 Å². The van der Waals surface area contributed by atoms with E-state index in [1.54, 1.807) is 6.92 Å². The highest BCUT2D eigenvalue weighted by Gasteiger charge is 2.69. The minimum Gasteiger partial charge on any atom is -0.623 e. The first-order chi connectivity index (χ1) is 8.51. The molecule has 5 heteroatoms. The van der Waals surface area contributed by atoms with Gasteiger partial charge >= 0.3 is 5.72 Å². The van der Waals surface area contributed by atoms with Gasteiger partial charge in [-0.2, -0.15) is 4.74 Å². The third-order valence-electron chi connectivity index (χ3n) is 5.01. The van der Waals surface area contributed by atoms with Gasteiger partial charge in [-0.3, -0.25) is 5.21 Å². The molecule has 0 aromatic rings. The van der Waals surface area contributed by atoms with Crippen molar-refractivity contribution in [2.24, 2.45) is 0 Å². The molecule has 0 spiro atoms. The van der Waals surface area contributed by atoms with Gasteiger partial charge in [0.25, 0.3) is 17.0 Å². The van der Waals surface area contributed by atoms with Crippen LogP contribution >= 0.6 is 0 Å². The number of hydrogen-bond donors (Lipinski definition) is 2. The van der Waals surface area contributed by atoms with E-state index in [1.807, 2.05) is 0 Å². The Bertz CT molecular complexity index is 415. The van der Waals surface area contributed by atoms with Crippen LogP contribution in [0, 0.1) is 5.21 Å². The smallest absolute Gasteiger partial charge is 0.377 e. The van der Waals surface area contributed by atoms with E-state index in [0.717, 1.165) is 35.2 Å². The van der Waals surface area contributed by atoms with Crippen LogP contribution in [0.5, 0.6) is 0 Å². The van der Waals surface area contributed by atoms with Gasteiger partial charge in [0.05, 0.1) is 6.42 Å². The van der Waals surface area contributed by atoms with Crippen molar-refractivity contribution < 1.29 is 19.8 Å². The Hall–Kier alpha value is -1.10. The molecule has 0 aromatic carbocycles. The number of rotatable bonds is 0. The summed E-state index contributed by atoms with van der Waals surface area (Å²) in [5, 5.41) is 33.9. The van der Waals surface area contributed by atoms with Gasteiger partial charge in [0.15, 0.2) is 0 Å². The molecule has 2 N–H and O–H groups in total. The summed E-state index contributed by atoms with van der Waals surface area (Å²) >= 11 is 0. The number of hydrogen-bond acceptors (Lipinski definition) is 3. The van der Waals surface area contributed by atoms with Gasteiger partial charge in [-0.05, 0) is 25.7 Å². The maximum Gasteiger partial charge on any atom is 0.377 e. The highest BCUT2D eigenvalue weighted by atomic mass is 16.5. The molecule has 0 saturated heterocycles. The fraction of sp³-hybridized carbons (Fsp3) is 0.846. The van der Waals surface area contributed by atoms with Gasteiger partial charge in [-0.15, -0.1) is 0 Å². The first kappa shape index (κ1) is 12.0. The van der Waals surface area contributed by atoms with Crippen molar-refractivity contribution in [3.8, 4) is 0 Å². The lowest BCUT2D eigenvalue weighted by atomic mass is 9.73. The molecule has 2 fully saturated rings. The summed E-state index contributed by atoms with van der Waals surface area (Å²) in [6.07, 6.45) is 6.20. The lowest BCUT2D eigenvalue weighted by Crippen LogP contribution is -2.70. The molecule has 2 aliphatic carbocycles. The van der Waals surface area contributed by atoms with Crippen LogP contribution in [0.4, 0.5) is 0 Å². The Morgan fingerprint density at radius 2 is 1.67 bits per heavy atom. The maximum atomic E-state index is 12.6. The van der Waals surface area contributed by atoms with Crippen molar-refractivity contribution in [2.75, 3.05) is 0 Å². The zero-order valence-electron chi connectivity index (χ0n) is 10.9. The van der Waals surface area contributed by atoms with Gasteiger partial charge < -0.3 is 10.3 Å². The van der Waals surface area contributed by atoms with Crippen LogP contribution in [0.1, 0.15) is 58.3 Å². The molecule has 5 nitrogen and oxygen atoms in total. The van der Waals surface area contributed by atoms with Crippen molar-refractivity contribution >= 4 is 11.4 Å². The average Bonchev–Trinajstić information content (AvgIpc) is 2.39. The lowest BCUT2D eigenvalue weighted by molar-refractivity contribution is -0.892. The van der Waals surface area contributed by atoms with Crippen molar-refractivity contribution in [3.05, 3.63) is 5.21 Å². The fourth-order valence-corrected chi connectivity index (χ4v) is 3.75. The number of fused-ring (bicyclic) bond motifs is 2. The van der Waals surface area contributed by atoms with Crippen LogP contribution in [-0.2, 0) is 0 Å². The Kier molecular flexibility index (Phi) is 2.46. The van der Waals surface area contributed by atoms with Crippen molar-refractivity contribution in [1.82, 2.24) is 0 Å². The lowest BCUT2D eigenvalue weighted by Gasteiger charge is -2.43. The van der Waals surface area contributed by atoms with Crippen LogP contribution in [0.25, 0.3) is 0 Å². The normalized spacial score (nSPS) is 40.6. The third-order valence-corrected chi connectivity index (χ3v) is 5.01. The number of aliphatic hydroxyl groups is 1. The molecule has 100 valence electrons. The third kappa shape index (κ3) is 1.25. The quantitative estimate of drug-likeness (QED) is 0.389. The topological polar surface area (TPSA) is 69.5 Å². The van der Waals surface area contributed by atoms with Crippen molar-refractivity contribution in [1.29, 1.82) is 0 Å². The molecule has 1 heterocycles. The van der Waals surface area contributed by atoms with Crippen LogP contribution in [0.15, 0.2) is 0 Å². The van der Waals surface area contributed by atoms with Crippen molar-refractivity contribution in [3.63, 3.8) is 0 Å². The fourth-order valence-electron chi connectivity index (χ4n) is 3.75. The van der Waals surface area contributed by atoms with E-state index in [-0.39, 0.29) is 0 Å². The van der Waals surface area contributed by atoms with Crippen LogP contribution in [0.3, 0.4) is 0 Å². The molecular weight excluding hydrogens is 232 g/mol. The van der Waals surface area contributed by atoms with E-state index < -0.39 is 11.3 Å². The van der Waals surface area contributed by atoms with E-state index in [1.165, 1.54) is 0 Å². The molecular formula is C13H21N2O3+. The minimum absolute atomic E-state index is 0.454. The molecule has 0 unspecified atom stereocenters. The predicted molar refractivity (Wildman–Crippen MR) is 66.0 cm³/mol. The first-order valence-corrected chi connectivity index (χ1v) is 6.91. The summed E-state index contributed by atoms with van der Waals surface area (Å²) in [5.41, 5.74) is -1.03. The minimum atomic E-state index is -1.43. The Morgan fingerprint density at radius 1 is 1.06 bits per heavy atom. The second kappa shape index (κ2) is 3.70. The Balaban J connectivity index is 2.19. The summed E-state index contributed by atoms with van der Waals surface area (Å²) in [6.45, 7) is 1.78. The molecule has 3 rings (SSSR count). The molecule has 0 radical (unpaired) electrons. The zero-order chi connectivity index (χ0) is 13.0. The second-order valence-electron chi connectivity index (χ2n) is 6.00.